The molecule has 1 unspecified atom stereocenters. The highest BCUT2D eigenvalue weighted by molar-refractivity contribution is 5.36. The summed E-state index contributed by atoms with van der Waals surface area (Å²) in [6, 6.07) is 16.9. The zero-order valence-corrected chi connectivity index (χ0v) is 11.5. The predicted octanol–water partition coefficient (Wildman–Crippen LogP) is 2.69. The lowest BCUT2D eigenvalue weighted by molar-refractivity contribution is 0.209. The van der Waals surface area contributed by atoms with Crippen molar-refractivity contribution in [2.24, 2.45) is 7.05 Å². The fraction of sp³-hybridized carbons (Fsp3) is 0.125. The Morgan fingerprint density at radius 2 is 1.81 bits per heavy atom. The molecule has 3 rings (SSSR count). The van der Waals surface area contributed by atoms with Crippen LogP contribution in [0.15, 0.2) is 60.8 Å². The lowest BCUT2D eigenvalue weighted by Crippen LogP contribution is -2.06. The maximum atomic E-state index is 10.4. The van der Waals surface area contributed by atoms with Crippen molar-refractivity contribution >= 4 is 0 Å². The van der Waals surface area contributed by atoms with Crippen LogP contribution < -0.4 is 4.74 Å². The van der Waals surface area contributed by atoms with E-state index in [1.807, 2.05) is 54.6 Å². The van der Waals surface area contributed by atoms with Crippen LogP contribution in [-0.2, 0) is 7.05 Å². The molecule has 0 amide bonds. The van der Waals surface area contributed by atoms with Crippen LogP contribution in [0.5, 0.6) is 11.5 Å². The molecule has 0 fully saturated rings. The molecule has 0 aliphatic heterocycles. The minimum Gasteiger partial charge on any atom is -0.457 e. The molecule has 2 aromatic carbocycles. The Bertz CT molecular complexity index is 725. The molecule has 1 heterocycles. The van der Waals surface area contributed by atoms with Gasteiger partial charge in [0.1, 0.15) is 17.6 Å². The molecule has 5 nitrogen and oxygen atoms in total. The predicted molar refractivity (Wildman–Crippen MR) is 78.0 cm³/mol. The molecular formula is C16H15N3O2. The minimum absolute atomic E-state index is 0.631. The lowest BCUT2D eigenvalue weighted by Gasteiger charge is -2.12. The van der Waals surface area contributed by atoms with Gasteiger partial charge in [-0.15, -0.1) is 5.10 Å². The molecule has 5 heteroatoms. The second-order valence-electron chi connectivity index (χ2n) is 4.67. The average molecular weight is 281 g/mol. The van der Waals surface area contributed by atoms with Gasteiger partial charge in [0.2, 0.25) is 0 Å². The molecular weight excluding hydrogens is 266 g/mol. The number of aryl methyl sites for hydroxylation is 1. The fourth-order valence-electron chi connectivity index (χ4n) is 2.09. The van der Waals surface area contributed by atoms with Crippen molar-refractivity contribution in [3.63, 3.8) is 0 Å². The first-order chi connectivity index (χ1) is 10.2. The van der Waals surface area contributed by atoms with Gasteiger partial charge in [0.15, 0.2) is 0 Å². The summed E-state index contributed by atoms with van der Waals surface area (Å²) in [6.45, 7) is 0. The second-order valence-corrected chi connectivity index (χ2v) is 4.67. The SMILES string of the molecule is Cn1nncc1C(O)c1cccc(Oc2ccccc2)c1. The summed E-state index contributed by atoms with van der Waals surface area (Å²) < 4.78 is 7.32. The van der Waals surface area contributed by atoms with Gasteiger partial charge >= 0.3 is 0 Å². The number of aliphatic hydroxyl groups is 1. The number of aliphatic hydroxyl groups excluding tert-OH is 1. The van der Waals surface area contributed by atoms with E-state index in [1.54, 1.807) is 17.9 Å². The number of hydrogen-bond acceptors (Lipinski definition) is 4. The van der Waals surface area contributed by atoms with Gasteiger partial charge in [-0.1, -0.05) is 35.5 Å². The molecule has 106 valence electrons. The summed E-state index contributed by atoms with van der Waals surface area (Å²) in [5.74, 6) is 1.43. The van der Waals surface area contributed by atoms with Crippen LogP contribution in [0.3, 0.4) is 0 Å². The summed E-state index contributed by atoms with van der Waals surface area (Å²) in [5, 5.41) is 18.0. The first kappa shape index (κ1) is 13.3. The van der Waals surface area contributed by atoms with Crippen LogP contribution in [0, 0.1) is 0 Å². The van der Waals surface area contributed by atoms with E-state index in [2.05, 4.69) is 10.3 Å². The van der Waals surface area contributed by atoms with E-state index >= 15 is 0 Å². The number of rotatable bonds is 4. The van der Waals surface area contributed by atoms with Crippen molar-refractivity contribution in [2.45, 2.75) is 6.10 Å². The monoisotopic (exact) mass is 281 g/mol. The van der Waals surface area contributed by atoms with Gasteiger partial charge in [0, 0.05) is 7.05 Å². The van der Waals surface area contributed by atoms with Crippen LogP contribution in [0.2, 0.25) is 0 Å². The van der Waals surface area contributed by atoms with Crippen LogP contribution >= 0.6 is 0 Å². The quantitative estimate of drug-likeness (QED) is 0.798. The van der Waals surface area contributed by atoms with E-state index in [0.717, 1.165) is 11.3 Å². The molecule has 0 spiro atoms. The van der Waals surface area contributed by atoms with Gasteiger partial charge in [-0.05, 0) is 29.8 Å². The molecule has 0 radical (unpaired) electrons. The number of nitrogens with zero attached hydrogens (tertiary/aromatic N) is 3. The summed E-state index contributed by atoms with van der Waals surface area (Å²) in [7, 11) is 1.75. The maximum absolute atomic E-state index is 10.4. The molecule has 1 atom stereocenters. The van der Waals surface area contributed by atoms with Crippen molar-refractivity contribution in [2.75, 3.05) is 0 Å². The minimum atomic E-state index is -0.788. The van der Waals surface area contributed by atoms with E-state index in [1.165, 1.54) is 0 Å². The van der Waals surface area contributed by atoms with Crippen molar-refractivity contribution < 1.29 is 9.84 Å². The molecule has 0 saturated heterocycles. The Kier molecular flexibility index (Phi) is 3.66. The second kappa shape index (κ2) is 5.76. The average Bonchev–Trinajstić information content (AvgIpc) is 2.94. The Morgan fingerprint density at radius 3 is 2.52 bits per heavy atom. The maximum Gasteiger partial charge on any atom is 0.127 e. The third-order valence-corrected chi connectivity index (χ3v) is 3.18. The van der Waals surface area contributed by atoms with Gasteiger partial charge < -0.3 is 9.84 Å². The standard InChI is InChI=1S/C16H15N3O2/c1-19-15(11-17-18-19)16(20)12-6-5-9-14(10-12)21-13-7-3-2-4-8-13/h2-11,16,20H,1H3. The third kappa shape index (κ3) is 2.93. The zero-order valence-electron chi connectivity index (χ0n) is 11.5. The highest BCUT2D eigenvalue weighted by Gasteiger charge is 2.15. The Hall–Kier alpha value is -2.66. The van der Waals surface area contributed by atoms with E-state index in [4.69, 9.17) is 4.74 Å². The largest absolute Gasteiger partial charge is 0.457 e. The first-order valence-electron chi connectivity index (χ1n) is 6.59. The van der Waals surface area contributed by atoms with E-state index < -0.39 is 6.10 Å². The third-order valence-electron chi connectivity index (χ3n) is 3.18. The van der Waals surface area contributed by atoms with Crippen molar-refractivity contribution in [3.05, 3.63) is 72.1 Å². The Labute approximate surface area is 122 Å². The molecule has 1 aromatic heterocycles. The molecule has 3 aromatic rings. The van der Waals surface area contributed by atoms with Crippen molar-refractivity contribution in [3.8, 4) is 11.5 Å². The van der Waals surface area contributed by atoms with Crippen molar-refractivity contribution in [1.29, 1.82) is 0 Å². The molecule has 0 aliphatic rings. The highest BCUT2D eigenvalue weighted by Crippen LogP contribution is 2.27. The van der Waals surface area contributed by atoms with Gasteiger partial charge in [-0.25, -0.2) is 4.68 Å². The van der Waals surface area contributed by atoms with Gasteiger partial charge in [0.05, 0.1) is 11.9 Å². The molecule has 0 aliphatic carbocycles. The Morgan fingerprint density at radius 1 is 1.05 bits per heavy atom. The molecule has 0 bridgehead atoms. The summed E-state index contributed by atoms with van der Waals surface area (Å²) in [6.07, 6.45) is 0.763. The summed E-state index contributed by atoms with van der Waals surface area (Å²) in [5.41, 5.74) is 1.36. The number of hydrogen-bond donors (Lipinski definition) is 1. The van der Waals surface area contributed by atoms with Gasteiger partial charge in [-0.3, -0.25) is 0 Å². The van der Waals surface area contributed by atoms with Crippen LogP contribution in [-0.4, -0.2) is 20.1 Å². The Balaban J connectivity index is 1.85. The van der Waals surface area contributed by atoms with Crippen LogP contribution in [0.4, 0.5) is 0 Å². The first-order valence-corrected chi connectivity index (χ1v) is 6.59. The highest BCUT2D eigenvalue weighted by atomic mass is 16.5. The number of benzene rings is 2. The summed E-state index contributed by atoms with van der Waals surface area (Å²) >= 11 is 0. The van der Waals surface area contributed by atoms with Crippen LogP contribution in [0.25, 0.3) is 0 Å². The van der Waals surface area contributed by atoms with Gasteiger partial charge in [-0.2, -0.15) is 0 Å². The summed E-state index contributed by atoms with van der Waals surface area (Å²) in [4.78, 5) is 0. The smallest absolute Gasteiger partial charge is 0.127 e. The molecule has 1 N–H and O–H groups in total. The fourth-order valence-corrected chi connectivity index (χ4v) is 2.09. The zero-order chi connectivity index (χ0) is 14.7. The van der Waals surface area contributed by atoms with E-state index in [-0.39, 0.29) is 0 Å². The van der Waals surface area contributed by atoms with Crippen molar-refractivity contribution in [1.82, 2.24) is 15.0 Å². The number of para-hydroxylation sites is 1. The molecule has 21 heavy (non-hydrogen) atoms. The normalized spacial score (nSPS) is 12.1. The van der Waals surface area contributed by atoms with Gasteiger partial charge in [0.25, 0.3) is 0 Å². The number of ether oxygens (including phenoxy) is 1. The van der Waals surface area contributed by atoms with Crippen LogP contribution in [0.1, 0.15) is 17.4 Å². The topological polar surface area (TPSA) is 60.2 Å². The lowest BCUT2D eigenvalue weighted by atomic mass is 10.1. The van der Waals surface area contributed by atoms with E-state index in [9.17, 15) is 5.11 Å². The number of aromatic nitrogens is 3. The molecule has 0 saturated carbocycles. The van der Waals surface area contributed by atoms with E-state index in [0.29, 0.717) is 11.4 Å².